The van der Waals surface area contributed by atoms with Gasteiger partial charge in [-0.3, -0.25) is 14.5 Å². The maximum absolute atomic E-state index is 16.2. The van der Waals surface area contributed by atoms with Crippen molar-refractivity contribution in [3.63, 3.8) is 0 Å². The molecule has 0 aliphatic heterocycles. The third-order valence-corrected chi connectivity index (χ3v) is 10.4. The van der Waals surface area contributed by atoms with E-state index >= 15 is 4.39 Å². The molecule has 3 N–H and O–H groups in total. The van der Waals surface area contributed by atoms with Crippen LogP contribution in [0.15, 0.2) is 95.0 Å². The Morgan fingerprint density at radius 1 is 1.00 bits per heavy atom. The highest BCUT2D eigenvalue weighted by Gasteiger charge is 2.64. The molecule has 3 aliphatic rings. The van der Waals surface area contributed by atoms with Gasteiger partial charge < -0.3 is 29.5 Å². The van der Waals surface area contributed by atoms with Crippen LogP contribution >= 0.6 is 11.6 Å². The molecule has 0 unspecified atom stereocenters. The number of allylic oxidation sites excluding steroid dienone is 1. The van der Waals surface area contributed by atoms with Gasteiger partial charge in [-0.05, 0) is 49.1 Å². The van der Waals surface area contributed by atoms with Gasteiger partial charge in [0.15, 0.2) is 22.9 Å². The zero-order chi connectivity index (χ0) is 37.0. The predicted molar refractivity (Wildman–Crippen MR) is 190 cm³/mol. The molecule has 0 amide bonds. The van der Waals surface area contributed by atoms with E-state index in [9.17, 15) is 19.8 Å². The van der Waals surface area contributed by atoms with Crippen LogP contribution in [0.5, 0.6) is 11.6 Å². The number of nitrogens with zero attached hydrogens (tertiary/aromatic N) is 4. The van der Waals surface area contributed by atoms with Crippen LogP contribution in [-0.2, 0) is 19.6 Å². The number of Topliss-reactive ketones (excluding diaryl/α,β-unsaturated/α-hetero) is 2. The monoisotopic (exact) mass is 737 g/mol. The highest BCUT2D eigenvalue weighted by molar-refractivity contribution is 6.29. The highest BCUT2D eigenvalue weighted by atomic mass is 35.5. The first-order valence-electron chi connectivity index (χ1n) is 16.9. The number of carbonyl (C=O) groups excluding carboxylic acids is 2. The van der Waals surface area contributed by atoms with Crippen LogP contribution in [-0.4, -0.2) is 61.5 Å². The van der Waals surface area contributed by atoms with Gasteiger partial charge in [0.1, 0.15) is 47.7 Å². The summed E-state index contributed by atoms with van der Waals surface area (Å²) in [6.45, 7) is 0.0673. The van der Waals surface area contributed by atoms with Crippen molar-refractivity contribution in [2.24, 2.45) is 11.8 Å². The molecule has 0 fully saturated rings. The van der Waals surface area contributed by atoms with Crippen LogP contribution in [0, 0.1) is 17.7 Å². The van der Waals surface area contributed by atoms with Crippen molar-refractivity contribution in [1.82, 2.24) is 20.0 Å². The average molecular weight is 738 g/mol. The number of aliphatic hydroxyl groups is 2. The van der Waals surface area contributed by atoms with E-state index in [0.717, 1.165) is 11.1 Å². The Hall–Kier alpha value is -5.63. The molecule has 4 atom stereocenters. The molecule has 14 heteroatoms. The van der Waals surface area contributed by atoms with Crippen molar-refractivity contribution in [2.75, 3.05) is 19.4 Å². The number of hydrogen-bond acceptors (Lipinski definition) is 12. The summed E-state index contributed by atoms with van der Waals surface area (Å²) < 4.78 is 34.1. The lowest BCUT2D eigenvalue weighted by molar-refractivity contribution is -0.0559. The number of aliphatic hydroxyl groups excluding tert-OH is 1. The van der Waals surface area contributed by atoms with Gasteiger partial charge in [0, 0.05) is 29.2 Å². The van der Waals surface area contributed by atoms with E-state index in [-0.39, 0.29) is 82.4 Å². The molecule has 0 bridgehead atoms. The number of ether oxygens (including phenoxy) is 2. The molecule has 0 spiro atoms. The summed E-state index contributed by atoms with van der Waals surface area (Å²) in [5.74, 6) is -4.71. The second kappa shape index (κ2) is 13.4. The minimum absolute atomic E-state index is 0.00286. The SMILES string of the molecule is CN(C)[C@@H]1c2onc(OCc3ccccc3)c2C(=O)[C@@]2(O)C(O)=C3C(=O)c4c(c(F)cc(Nc5cc(Cl)ncn5)c4OCc4ccccc4)C[C@H]3C[C@@H]12. The maximum Gasteiger partial charge on any atom is 0.265 e. The maximum atomic E-state index is 16.2. The Bertz CT molecular complexity index is 2280. The van der Waals surface area contributed by atoms with Gasteiger partial charge in [-0.15, -0.1) is 0 Å². The van der Waals surface area contributed by atoms with Crippen molar-refractivity contribution in [1.29, 1.82) is 0 Å². The van der Waals surface area contributed by atoms with Crippen molar-refractivity contribution in [3.05, 3.63) is 135 Å². The fraction of sp³-hybridized carbons (Fsp3) is 0.256. The van der Waals surface area contributed by atoms with Crippen LogP contribution < -0.4 is 14.8 Å². The number of benzene rings is 3. The molecule has 2 heterocycles. The average Bonchev–Trinajstić information content (AvgIpc) is 3.56. The summed E-state index contributed by atoms with van der Waals surface area (Å²) in [7, 11) is 3.48. The number of anilines is 2. The van der Waals surface area contributed by atoms with Gasteiger partial charge in [0.25, 0.3) is 5.88 Å². The fourth-order valence-corrected chi connectivity index (χ4v) is 7.92. The van der Waals surface area contributed by atoms with Crippen LogP contribution in [0.1, 0.15) is 55.6 Å². The molecule has 2 aromatic heterocycles. The van der Waals surface area contributed by atoms with Crippen LogP contribution in [0.2, 0.25) is 5.15 Å². The molecule has 53 heavy (non-hydrogen) atoms. The lowest BCUT2D eigenvalue weighted by Crippen LogP contribution is -2.59. The van der Waals surface area contributed by atoms with Crippen molar-refractivity contribution in [2.45, 2.75) is 37.7 Å². The van der Waals surface area contributed by atoms with Crippen LogP contribution in [0.25, 0.3) is 0 Å². The lowest BCUT2D eigenvalue weighted by atomic mass is 9.58. The molecule has 0 saturated heterocycles. The number of aromatic nitrogens is 3. The Kier molecular flexibility index (Phi) is 8.72. The highest BCUT2D eigenvalue weighted by Crippen LogP contribution is 2.57. The van der Waals surface area contributed by atoms with E-state index in [1.165, 1.54) is 18.5 Å². The minimum Gasteiger partial charge on any atom is -0.508 e. The summed E-state index contributed by atoms with van der Waals surface area (Å²) in [6, 6.07) is 20.3. The Balaban J connectivity index is 1.23. The number of halogens is 2. The van der Waals surface area contributed by atoms with Crippen molar-refractivity contribution >= 4 is 34.7 Å². The molecule has 0 radical (unpaired) electrons. The zero-order valence-corrected chi connectivity index (χ0v) is 29.3. The molecule has 3 aromatic carbocycles. The Morgan fingerprint density at radius 2 is 1.68 bits per heavy atom. The van der Waals surface area contributed by atoms with Gasteiger partial charge in [-0.1, -0.05) is 72.3 Å². The number of hydrogen-bond donors (Lipinski definition) is 3. The second-order valence-electron chi connectivity index (χ2n) is 13.6. The molecular weight excluding hydrogens is 705 g/mol. The van der Waals surface area contributed by atoms with E-state index in [1.54, 1.807) is 19.0 Å². The van der Waals surface area contributed by atoms with Gasteiger partial charge in [0.05, 0.1) is 17.3 Å². The molecule has 3 aliphatic carbocycles. The van der Waals surface area contributed by atoms with Gasteiger partial charge in [0.2, 0.25) is 5.78 Å². The molecule has 0 saturated carbocycles. The third-order valence-electron chi connectivity index (χ3n) is 10.2. The largest absolute Gasteiger partial charge is 0.508 e. The summed E-state index contributed by atoms with van der Waals surface area (Å²) in [6.07, 6.45) is 1.24. The normalized spacial score (nSPS) is 21.8. The first kappa shape index (κ1) is 34.5. The first-order chi connectivity index (χ1) is 25.6. The number of rotatable bonds is 9. The number of nitrogens with one attached hydrogen (secondary N) is 1. The first-order valence-corrected chi connectivity index (χ1v) is 17.3. The van der Waals surface area contributed by atoms with Gasteiger partial charge in [-0.25, -0.2) is 14.4 Å². The van der Waals surface area contributed by atoms with E-state index < -0.39 is 46.6 Å². The quantitative estimate of drug-likeness (QED) is 0.140. The van der Waals surface area contributed by atoms with Crippen molar-refractivity contribution < 1.29 is 38.2 Å². The second-order valence-corrected chi connectivity index (χ2v) is 13.9. The van der Waals surface area contributed by atoms with E-state index in [4.69, 9.17) is 25.6 Å². The lowest BCUT2D eigenvalue weighted by Gasteiger charge is -2.49. The molecule has 270 valence electrons. The standard InChI is InChI=1S/C39H33ClFN5O7/c1-46(2)32-24-14-22-13-23-25(41)15-26(44-28-16-27(40)42-19-43-28)34(51-17-20-9-5-3-6-10-20)30(23)33(47)29(22)36(48)39(24,50)37(49)31-35(32)53-45-38(31)52-18-21-11-7-4-8-12-21/h3-12,15-16,19,22,24,32,48,50H,13-14,17-18H2,1-2H3,(H,42,43,44)/t22-,24-,32-,39-/m0/s1. The minimum atomic E-state index is -2.56. The van der Waals surface area contributed by atoms with Gasteiger partial charge in [-0.2, -0.15) is 0 Å². The van der Waals surface area contributed by atoms with E-state index in [2.05, 4.69) is 20.4 Å². The third kappa shape index (κ3) is 5.81. The summed E-state index contributed by atoms with van der Waals surface area (Å²) in [5, 5.41) is 31.7. The van der Waals surface area contributed by atoms with E-state index in [1.807, 2.05) is 60.7 Å². The number of carbonyl (C=O) groups is 2. The predicted octanol–water partition coefficient (Wildman–Crippen LogP) is 6.58. The van der Waals surface area contributed by atoms with Gasteiger partial charge >= 0.3 is 0 Å². The molecule has 5 aromatic rings. The number of fused-ring (bicyclic) bond motifs is 4. The topological polar surface area (TPSA) is 160 Å². The summed E-state index contributed by atoms with van der Waals surface area (Å²) >= 11 is 6.09. The number of ketones is 2. The van der Waals surface area contributed by atoms with Crippen LogP contribution in [0.3, 0.4) is 0 Å². The van der Waals surface area contributed by atoms with Crippen molar-refractivity contribution in [3.8, 4) is 11.6 Å². The fourth-order valence-electron chi connectivity index (χ4n) is 7.77. The summed E-state index contributed by atoms with van der Waals surface area (Å²) in [4.78, 5) is 39.0. The van der Waals surface area contributed by atoms with Crippen LogP contribution in [0.4, 0.5) is 15.9 Å². The molecular formula is C39H33ClFN5O7. The smallest absolute Gasteiger partial charge is 0.265 e. The Labute approximate surface area is 307 Å². The zero-order valence-electron chi connectivity index (χ0n) is 28.5. The van der Waals surface area contributed by atoms with E-state index in [0.29, 0.717) is 0 Å². The Morgan fingerprint density at radius 3 is 2.34 bits per heavy atom. The summed E-state index contributed by atoms with van der Waals surface area (Å²) in [5.41, 5.74) is -1.29. The molecule has 8 rings (SSSR count). The molecule has 12 nitrogen and oxygen atoms in total.